The largest absolute Gasteiger partial charge is 0.481 e. The molecule has 2 atom stereocenters. The maximum atomic E-state index is 12.3. The topological polar surface area (TPSA) is 105 Å². The van der Waals surface area contributed by atoms with E-state index < -0.39 is 24.0 Å². The summed E-state index contributed by atoms with van der Waals surface area (Å²) in [6.07, 6.45) is -0.857. The fourth-order valence-electron chi connectivity index (χ4n) is 2.12. The van der Waals surface area contributed by atoms with E-state index >= 15 is 0 Å². The van der Waals surface area contributed by atoms with Gasteiger partial charge in [-0.15, -0.1) is 0 Å². The quantitative estimate of drug-likeness (QED) is 0.843. The van der Waals surface area contributed by atoms with Crippen molar-refractivity contribution in [3.05, 3.63) is 65.7 Å². The van der Waals surface area contributed by atoms with Gasteiger partial charge in [-0.25, -0.2) is 0 Å². The average Bonchev–Trinajstić information content (AvgIpc) is 2.60. The lowest BCUT2D eigenvalue weighted by atomic mass is 10.1. The fraction of sp³-hybridized carbons (Fsp3) is 0.167. The van der Waals surface area contributed by atoms with Crippen molar-refractivity contribution in [1.82, 2.24) is 5.32 Å². The van der Waals surface area contributed by atoms with Crippen molar-refractivity contribution < 1.29 is 14.3 Å². The van der Waals surface area contributed by atoms with E-state index in [1.165, 1.54) is 6.07 Å². The van der Waals surface area contributed by atoms with Gasteiger partial charge >= 0.3 is 0 Å². The maximum Gasteiger partial charge on any atom is 0.261 e. The third-order valence-corrected chi connectivity index (χ3v) is 3.35. The second-order valence-electron chi connectivity index (χ2n) is 5.15. The molecule has 0 fully saturated rings. The van der Waals surface area contributed by atoms with Gasteiger partial charge in [-0.05, 0) is 30.7 Å². The highest BCUT2D eigenvalue weighted by Crippen LogP contribution is 2.16. The van der Waals surface area contributed by atoms with Gasteiger partial charge in [0.25, 0.3) is 5.91 Å². The summed E-state index contributed by atoms with van der Waals surface area (Å²) in [6.45, 7) is 1.55. The molecular weight excluding hydrogens is 306 g/mol. The first-order chi connectivity index (χ1) is 11.5. The van der Waals surface area contributed by atoms with E-state index in [-0.39, 0.29) is 0 Å². The zero-order chi connectivity index (χ0) is 17.5. The van der Waals surface area contributed by atoms with Gasteiger partial charge in [-0.2, -0.15) is 5.26 Å². The number of nitrogens with two attached hydrogens (primary N) is 1. The van der Waals surface area contributed by atoms with Crippen LogP contribution in [-0.2, 0) is 9.59 Å². The number of carbonyl (C=O) groups excluding carboxylic acids is 2. The zero-order valence-corrected chi connectivity index (χ0v) is 13.1. The average molecular weight is 323 g/mol. The first-order valence-electron chi connectivity index (χ1n) is 7.32. The smallest absolute Gasteiger partial charge is 0.261 e. The van der Waals surface area contributed by atoms with E-state index in [1.807, 2.05) is 6.07 Å². The standard InChI is InChI=1S/C18H17N3O3/c1-12(24-15-9-5-6-13(10-15)11-19)18(23)21-16(17(20)22)14-7-3-2-4-8-14/h2-10,12,16H,1H3,(H2,20,22)(H,21,23)/t12-,16-/m0/s1. The highest BCUT2D eigenvalue weighted by atomic mass is 16.5. The number of nitriles is 1. The van der Waals surface area contributed by atoms with Crippen molar-refractivity contribution in [1.29, 1.82) is 5.26 Å². The molecule has 0 unspecified atom stereocenters. The number of rotatable bonds is 6. The van der Waals surface area contributed by atoms with Crippen LogP contribution in [0.15, 0.2) is 54.6 Å². The number of nitrogens with zero attached hydrogens (tertiary/aromatic N) is 1. The van der Waals surface area contributed by atoms with Crippen LogP contribution < -0.4 is 15.8 Å². The Hall–Kier alpha value is -3.33. The number of primary amides is 1. The summed E-state index contributed by atoms with van der Waals surface area (Å²) in [7, 11) is 0. The molecule has 0 spiro atoms. The van der Waals surface area contributed by atoms with Gasteiger partial charge < -0.3 is 15.8 Å². The number of hydrogen-bond acceptors (Lipinski definition) is 4. The lowest BCUT2D eigenvalue weighted by molar-refractivity contribution is -0.131. The van der Waals surface area contributed by atoms with Crippen LogP contribution in [-0.4, -0.2) is 17.9 Å². The van der Waals surface area contributed by atoms with E-state index in [9.17, 15) is 9.59 Å². The van der Waals surface area contributed by atoms with Crippen molar-refractivity contribution in [3.8, 4) is 11.8 Å². The Kier molecular flexibility index (Phi) is 5.53. The van der Waals surface area contributed by atoms with Gasteiger partial charge in [0, 0.05) is 0 Å². The fourth-order valence-corrected chi connectivity index (χ4v) is 2.12. The van der Waals surface area contributed by atoms with Crippen LogP contribution in [0.25, 0.3) is 0 Å². The molecule has 0 aliphatic carbocycles. The molecule has 0 aliphatic heterocycles. The number of nitrogens with one attached hydrogen (secondary N) is 1. The van der Waals surface area contributed by atoms with Crippen molar-refractivity contribution in [2.45, 2.75) is 19.1 Å². The molecule has 122 valence electrons. The van der Waals surface area contributed by atoms with Gasteiger partial charge in [0.15, 0.2) is 6.10 Å². The number of ether oxygens (including phenoxy) is 1. The van der Waals surface area contributed by atoms with E-state index in [4.69, 9.17) is 15.7 Å². The highest BCUT2D eigenvalue weighted by molar-refractivity contribution is 5.89. The molecule has 6 heteroatoms. The monoisotopic (exact) mass is 323 g/mol. The Morgan fingerprint density at radius 3 is 2.50 bits per heavy atom. The van der Waals surface area contributed by atoms with Crippen LogP contribution in [0.2, 0.25) is 0 Å². The summed E-state index contributed by atoms with van der Waals surface area (Å²) >= 11 is 0. The summed E-state index contributed by atoms with van der Waals surface area (Å²) in [5.74, 6) is -0.745. The molecular formula is C18H17N3O3. The first kappa shape index (κ1) is 17.0. The van der Waals surface area contributed by atoms with Crippen molar-refractivity contribution in [2.75, 3.05) is 0 Å². The molecule has 6 nitrogen and oxygen atoms in total. The Morgan fingerprint density at radius 1 is 1.17 bits per heavy atom. The van der Waals surface area contributed by atoms with Gasteiger partial charge in [0.05, 0.1) is 11.6 Å². The minimum atomic E-state index is -0.935. The number of carbonyl (C=O) groups is 2. The van der Waals surface area contributed by atoms with Crippen molar-refractivity contribution >= 4 is 11.8 Å². The third-order valence-electron chi connectivity index (χ3n) is 3.35. The SMILES string of the molecule is C[C@H](Oc1cccc(C#N)c1)C(=O)N[C@H](C(N)=O)c1ccccc1. The molecule has 2 aromatic rings. The Balaban J connectivity index is 2.06. The summed E-state index contributed by atoms with van der Waals surface area (Å²) < 4.78 is 5.52. The van der Waals surface area contributed by atoms with Crippen LogP contribution in [0.1, 0.15) is 24.1 Å². The van der Waals surface area contributed by atoms with E-state index in [0.29, 0.717) is 16.9 Å². The van der Waals surface area contributed by atoms with Gasteiger partial charge in [-0.1, -0.05) is 36.4 Å². The maximum absolute atomic E-state index is 12.3. The van der Waals surface area contributed by atoms with Crippen LogP contribution in [0, 0.1) is 11.3 Å². The molecule has 3 N–H and O–H groups in total. The normalized spacial score (nSPS) is 12.5. The van der Waals surface area contributed by atoms with Gasteiger partial charge in [-0.3, -0.25) is 9.59 Å². The molecule has 0 aliphatic rings. The first-order valence-corrected chi connectivity index (χ1v) is 7.32. The second-order valence-corrected chi connectivity index (χ2v) is 5.15. The molecule has 2 rings (SSSR count). The molecule has 24 heavy (non-hydrogen) atoms. The second kappa shape index (κ2) is 7.79. The van der Waals surface area contributed by atoms with Crippen molar-refractivity contribution in [2.24, 2.45) is 5.73 Å². The molecule has 0 radical (unpaired) electrons. The van der Waals surface area contributed by atoms with Gasteiger partial charge in [0.2, 0.25) is 5.91 Å². The molecule has 0 heterocycles. The predicted molar refractivity (Wildman–Crippen MR) is 87.8 cm³/mol. The third kappa shape index (κ3) is 4.34. The molecule has 2 amide bonds. The zero-order valence-electron chi connectivity index (χ0n) is 13.1. The lowest BCUT2D eigenvalue weighted by Gasteiger charge is -2.19. The van der Waals surface area contributed by atoms with Crippen LogP contribution in [0.3, 0.4) is 0 Å². The van der Waals surface area contributed by atoms with Crippen LogP contribution >= 0.6 is 0 Å². The molecule has 0 saturated heterocycles. The predicted octanol–water partition coefficient (Wildman–Crippen LogP) is 1.67. The number of hydrogen-bond donors (Lipinski definition) is 2. The number of benzene rings is 2. The summed E-state index contributed by atoms with van der Waals surface area (Å²) in [5.41, 5.74) is 6.40. The van der Waals surface area contributed by atoms with E-state index in [1.54, 1.807) is 55.5 Å². The molecule has 0 bridgehead atoms. The molecule has 0 aromatic heterocycles. The summed E-state index contributed by atoms with van der Waals surface area (Å²) in [6, 6.07) is 16.3. The Labute approximate surface area is 139 Å². The van der Waals surface area contributed by atoms with E-state index in [2.05, 4.69) is 5.32 Å². The number of amides is 2. The van der Waals surface area contributed by atoms with E-state index in [0.717, 1.165) is 0 Å². The summed E-state index contributed by atoms with van der Waals surface area (Å²) in [5, 5.41) is 11.5. The van der Waals surface area contributed by atoms with Crippen LogP contribution in [0.4, 0.5) is 0 Å². The molecule has 0 saturated carbocycles. The molecule has 2 aromatic carbocycles. The lowest BCUT2D eigenvalue weighted by Crippen LogP contribution is -2.43. The Bertz CT molecular complexity index is 769. The minimum absolute atomic E-state index is 0.395. The van der Waals surface area contributed by atoms with Crippen molar-refractivity contribution in [3.63, 3.8) is 0 Å². The van der Waals surface area contributed by atoms with Gasteiger partial charge in [0.1, 0.15) is 11.8 Å². The summed E-state index contributed by atoms with van der Waals surface area (Å²) in [4.78, 5) is 23.9. The highest BCUT2D eigenvalue weighted by Gasteiger charge is 2.24. The Morgan fingerprint density at radius 2 is 1.88 bits per heavy atom. The minimum Gasteiger partial charge on any atom is -0.481 e. The van der Waals surface area contributed by atoms with Crippen LogP contribution in [0.5, 0.6) is 5.75 Å².